The number of nitrogens with one attached hydrogen (secondary N) is 2. The zero-order valence-corrected chi connectivity index (χ0v) is 26.1. The molecule has 0 radical (unpaired) electrons. The third-order valence-electron chi connectivity index (χ3n) is 7.55. The smallest absolute Gasteiger partial charge is 0.263 e. The summed E-state index contributed by atoms with van der Waals surface area (Å²) in [5, 5.41) is 9.17. The van der Waals surface area contributed by atoms with E-state index in [9.17, 15) is 8.42 Å². The lowest BCUT2D eigenvalue weighted by molar-refractivity contribution is 0.165. The van der Waals surface area contributed by atoms with Crippen LogP contribution in [0.1, 0.15) is 51.6 Å². The van der Waals surface area contributed by atoms with Crippen LogP contribution in [-0.4, -0.2) is 49.0 Å². The first kappa shape index (κ1) is 30.9. The zero-order chi connectivity index (χ0) is 30.9. The molecule has 0 saturated carbocycles. The van der Waals surface area contributed by atoms with E-state index >= 15 is 4.39 Å². The van der Waals surface area contributed by atoms with Crippen LogP contribution in [0.2, 0.25) is 5.02 Å². The van der Waals surface area contributed by atoms with Gasteiger partial charge in [-0.25, -0.2) is 17.8 Å². The second-order valence-electron chi connectivity index (χ2n) is 11.1. The predicted molar refractivity (Wildman–Crippen MR) is 170 cm³/mol. The fourth-order valence-corrected chi connectivity index (χ4v) is 7.13. The molecule has 2 aromatic carbocycles. The van der Waals surface area contributed by atoms with Crippen molar-refractivity contribution in [3.05, 3.63) is 71.1 Å². The number of fused-ring (bicyclic) bond motifs is 1. The molecule has 1 aliphatic rings. The van der Waals surface area contributed by atoms with Crippen LogP contribution < -0.4 is 15.8 Å². The Labute approximate surface area is 256 Å². The van der Waals surface area contributed by atoms with E-state index in [1.54, 1.807) is 31.5 Å². The SMILES string of the molecule is COC[C@H](C)N[C@H]1CC=C(c2cnc(N)c3c(-c4ccc(NS(=O)(=O)c5ccccc5Cl)c(F)c4)nn(C(C)C)c23)CC1. The average Bonchev–Trinajstić information content (AvgIpc) is 3.37. The van der Waals surface area contributed by atoms with Crippen molar-refractivity contribution < 1.29 is 17.5 Å². The molecular weight excluding hydrogens is 591 g/mol. The highest BCUT2D eigenvalue weighted by Crippen LogP contribution is 2.40. The minimum atomic E-state index is -4.11. The Bertz CT molecular complexity index is 1790. The molecule has 4 N–H and O–H groups in total. The summed E-state index contributed by atoms with van der Waals surface area (Å²) in [7, 11) is -2.41. The molecular formula is C31H36ClFN6O3S. The number of nitrogens with two attached hydrogens (primary N) is 1. The van der Waals surface area contributed by atoms with Gasteiger partial charge in [-0.05, 0) is 69.9 Å². The van der Waals surface area contributed by atoms with Gasteiger partial charge in [-0.3, -0.25) is 9.40 Å². The van der Waals surface area contributed by atoms with Gasteiger partial charge in [-0.1, -0.05) is 35.9 Å². The number of pyridine rings is 1. The van der Waals surface area contributed by atoms with E-state index in [-0.39, 0.29) is 33.5 Å². The first-order valence-corrected chi connectivity index (χ1v) is 16.0. The lowest BCUT2D eigenvalue weighted by Crippen LogP contribution is -2.39. The van der Waals surface area contributed by atoms with E-state index in [1.807, 2.05) is 18.5 Å². The third kappa shape index (κ3) is 6.40. The second-order valence-corrected chi connectivity index (χ2v) is 13.2. The highest BCUT2D eigenvalue weighted by atomic mass is 35.5. The van der Waals surface area contributed by atoms with Crippen LogP contribution in [0.25, 0.3) is 27.7 Å². The Kier molecular flexibility index (Phi) is 9.07. The number of sulfonamides is 1. The number of anilines is 2. The van der Waals surface area contributed by atoms with Crippen molar-refractivity contribution in [3.8, 4) is 11.3 Å². The number of nitrogen functional groups attached to an aromatic ring is 1. The molecule has 2 heterocycles. The summed E-state index contributed by atoms with van der Waals surface area (Å²) in [4.78, 5) is 4.38. The molecule has 228 valence electrons. The van der Waals surface area contributed by atoms with Crippen molar-refractivity contribution in [1.29, 1.82) is 0 Å². The number of aromatic nitrogens is 3. The topological polar surface area (TPSA) is 124 Å². The Balaban J connectivity index is 1.51. The van der Waals surface area contributed by atoms with Crippen LogP contribution in [0.4, 0.5) is 15.9 Å². The molecule has 0 amide bonds. The van der Waals surface area contributed by atoms with E-state index in [4.69, 9.17) is 27.2 Å². The Morgan fingerprint density at radius 2 is 1.98 bits per heavy atom. The molecule has 4 aromatic rings. The maximum Gasteiger partial charge on any atom is 0.263 e. The summed E-state index contributed by atoms with van der Waals surface area (Å²) >= 11 is 6.07. The molecule has 0 aliphatic heterocycles. The minimum Gasteiger partial charge on any atom is -0.383 e. The van der Waals surface area contributed by atoms with Gasteiger partial charge in [-0.2, -0.15) is 5.10 Å². The van der Waals surface area contributed by atoms with Crippen molar-refractivity contribution in [1.82, 2.24) is 20.1 Å². The van der Waals surface area contributed by atoms with Crippen LogP contribution in [-0.2, 0) is 14.8 Å². The lowest BCUT2D eigenvalue weighted by atomic mass is 9.90. The molecule has 2 atom stereocenters. The maximum atomic E-state index is 15.4. The fraction of sp³-hybridized carbons (Fsp3) is 0.355. The monoisotopic (exact) mass is 626 g/mol. The number of nitrogens with zero attached hydrogens (tertiary/aromatic N) is 3. The number of allylic oxidation sites excluding steroid dienone is 1. The van der Waals surface area contributed by atoms with Gasteiger partial charge < -0.3 is 15.8 Å². The summed E-state index contributed by atoms with van der Waals surface area (Å²) in [5.74, 6) is -0.479. The number of benzene rings is 2. The van der Waals surface area contributed by atoms with Crippen molar-refractivity contribution >= 4 is 49.6 Å². The van der Waals surface area contributed by atoms with Crippen molar-refractivity contribution in [3.63, 3.8) is 0 Å². The summed E-state index contributed by atoms with van der Waals surface area (Å²) in [6.07, 6.45) is 6.72. The summed E-state index contributed by atoms with van der Waals surface area (Å²) in [6.45, 7) is 6.81. The number of methoxy groups -OCH3 is 1. The molecule has 12 heteroatoms. The van der Waals surface area contributed by atoms with Gasteiger partial charge in [0, 0.05) is 42.6 Å². The molecule has 0 spiro atoms. The number of rotatable bonds is 10. The maximum absolute atomic E-state index is 15.4. The van der Waals surface area contributed by atoms with E-state index in [0.717, 1.165) is 30.3 Å². The van der Waals surface area contributed by atoms with Gasteiger partial charge in [0.25, 0.3) is 10.0 Å². The second kappa shape index (κ2) is 12.6. The van der Waals surface area contributed by atoms with Gasteiger partial charge in [0.2, 0.25) is 0 Å². The summed E-state index contributed by atoms with van der Waals surface area (Å²) in [5.41, 5.74) is 10.1. The number of hydrogen-bond acceptors (Lipinski definition) is 7. The van der Waals surface area contributed by atoms with E-state index < -0.39 is 15.8 Å². The molecule has 1 aliphatic carbocycles. The van der Waals surface area contributed by atoms with E-state index in [0.29, 0.717) is 29.3 Å². The van der Waals surface area contributed by atoms with Gasteiger partial charge in [0.05, 0.1) is 28.2 Å². The van der Waals surface area contributed by atoms with E-state index in [2.05, 4.69) is 28.0 Å². The summed E-state index contributed by atoms with van der Waals surface area (Å²) < 4.78 is 50.7. The molecule has 0 fully saturated rings. The molecule has 0 unspecified atom stereocenters. The van der Waals surface area contributed by atoms with Crippen molar-refractivity contribution in [2.24, 2.45) is 0 Å². The minimum absolute atomic E-state index is 0.0168. The first-order valence-electron chi connectivity index (χ1n) is 14.2. The largest absolute Gasteiger partial charge is 0.383 e. The van der Waals surface area contributed by atoms with Gasteiger partial charge in [0.1, 0.15) is 22.2 Å². The number of halogens is 2. The van der Waals surface area contributed by atoms with E-state index in [1.165, 1.54) is 29.8 Å². The average molecular weight is 627 g/mol. The highest BCUT2D eigenvalue weighted by molar-refractivity contribution is 7.92. The molecule has 43 heavy (non-hydrogen) atoms. The standard InChI is InChI=1S/C31H36ClFN6O3S/c1-18(2)39-30-23(20-9-12-22(13-10-20)36-19(3)17-42-4)16-35-31(34)28(30)29(37-39)21-11-14-26(25(33)15-21)38-43(40,41)27-8-6-5-7-24(27)32/h5-9,11,14-16,18-19,22,36,38H,10,12-13,17H2,1-4H3,(H2,34,35)/t19-,22-/m0/s1. The number of ether oxygens (including phenoxy) is 1. The zero-order valence-electron chi connectivity index (χ0n) is 24.6. The van der Waals surface area contributed by atoms with Crippen LogP contribution in [0.3, 0.4) is 0 Å². The third-order valence-corrected chi connectivity index (χ3v) is 9.42. The van der Waals surface area contributed by atoms with Crippen LogP contribution in [0.15, 0.2) is 59.6 Å². The summed E-state index contributed by atoms with van der Waals surface area (Å²) in [6, 6.07) is 10.8. The van der Waals surface area contributed by atoms with Crippen LogP contribution in [0.5, 0.6) is 0 Å². The molecule has 2 aromatic heterocycles. The Morgan fingerprint density at radius 1 is 1.21 bits per heavy atom. The first-order chi connectivity index (χ1) is 20.5. The molecule has 0 saturated heterocycles. The van der Waals surface area contributed by atoms with Gasteiger partial charge in [-0.15, -0.1) is 0 Å². The van der Waals surface area contributed by atoms with Gasteiger partial charge in [0.15, 0.2) is 0 Å². The van der Waals surface area contributed by atoms with Crippen LogP contribution >= 0.6 is 11.6 Å². The molecule has 9 nitrogen and oxygen atoms in total. The van der Waals surface area contributed by atoms with Crippen LogP contribution in [0, 0.1) is 5.82 Å². The Morgan fingerprint density at radius 3 is 2.63 bits per heavy atom. The normalized spacial score (nSPS) is 16.4. The Hall–Kier alpha value is -3.51. The predicted octanol–water partition coefficient (Wildman–Crippen LogP) is 6.42. The number of hydrogen-bond donors (Lipinski definition) is 3. The lowest BCUT2D eigenvalue weighted by Gasteiger charge is -2.26. The molecule has 0 bridgehead atoms. The quantitative estimate of drug-likeness (QED) is 0.186. The highest BCUT2D eigenvalue weighted by Gasteiger charge is 2.26. The van der Waals surface area contributed by atoms with Crippen molar-refractivity contribution in [2.75, 3.05) is 24.2 Å². The van der Waals surface area contributed by atoms with Gasteiger partial charge >= 0.3 is 0 Å². The fourth-order valence-electron chi connectivity index (χ4n) is 5.54. The molecule has 5 rings (SSSR count). The van der Waals surface area contributed by atoms with Crippen molar-refractivity contribution in [2.45, 2.75) is 63.1 Å².